The summed E-state index contributed by atoms with van der Waals surface area (Å²) in [7, 11) is 3.47. The molecule has 4 nitrogen and oxygen atoms in total. The molecular formula is C19H23ClIN3O. The Morgan fingerprint density at radius 3 is 2.76 bits per heavy atom. The molecule has 2 N–H and O–H groups in total. The van der Waals surface area contributed by atoms with Gasteiger partial charge >= 0.3 is 0 Å². The third-order valence-corrected chi connectivity index (χ3v) is 4.49. The van der Waals surface area contributed by atoms with Crippen LogP contribution in [0, 0.1) is 0 Å². The Morgan fingerprint density at radius 1 is 1.24 bits per heavy atom. The number of benzene rings is 2. The van der Waals surface area contributed by atoms with E-state index in [4.69, 9.17) is 16.3 Å². The van der Waals surface area contributed by atoms with Gasteiger partial charge in [0.2, 0.25) is 0 Å². The second-order valence-corrected chi connectivity index (χ2v) is 6.32. The molecular weight excluding hydrogens is 449 g/mol. The van der Waals surface area contributed by atoms with E-state index < -0.39 is 0 Å². The summed E-state index contributed by atoms with van der Waals surface area (Å²) in [6.45, 7) is 0.665. The van der Waals surface area contributed by atoms with Gasteiger partial charge in [-0.25, -0.2) is 0 Å². The van der Waals surface area contributed by atoms with E-state index in [1.165, 1.54) is 5.56 Å². The van der Waals surface area contributed by atoms with E-state index in [9.17, 15) is 0 Å². The van der Waals surface area contributed by atoms with Crippen molar-refractivity contribution < 1.29 is 4.74 Å². The van der Waals surface area contributed by atoms with Crippen LogP contribution in [-0.4, -0.2) is 26.2 Å². The summed E-state index contributed by atoms with van der Waals surface area (Å²) in [6.07, 6.45) is 1.09. The molecule has 0 amide bonds. The molecule has 2 atom stereocenters. The number of para-hydroxylation sites is 1. The minimum Gasteiger partial charge on any atom is -0.496 e. The molecule has 6 heteroatoms. The standard InChI is InChI=1S/C19H22ClN3O.HI/c1-21-19(22-12-14-6-3-4-9-18(14)24-2)23-17-11-16(17)13-7-5-8-15(20)10-13;/h3-10,16-17H,11-12H2,1-2H3,(H2,21,22,23);1H. The van der Waals surface area contributed by atoms with E-state index in [0.29, 0.717) is 18.5 Å². The molecule has 134 valence electrons. The number of nitrogens with one attached hydrogen (secondary N) is 2. The summed E-state index contributed by atoms with van der Waals surface area (Å²) in [5.41, 5.74) is 2.38. The highest BCUT2D eigenvalue weighted by atomic mass is 127. The number of ether oxygens (including phenoxy) is 1. The first-order valence-electron chi connectivity index (χ1n) is 8.06. The topological polar surface area (TPSA) is 45.7 Å². The van der Waals surface area contributed by atoms with Crippen LogP contribution in [0.15, 0.2) is 53.5 Å². The van der Waals surface area contributed by atoms with E-state index in [1.54, 1.807) is 14.2 Å². The van der Waals surface area contributed by atoms with Gasteiger partial charge in [-0.05, 0) is 30.2 Å². The van der Waals surface area contributed by atoms with Gasteiger partial charge in [-0.1, -0.05) is 41.9 Å². The maximum absolute atomic E-state index is 6.08. The summed E-state index contributed by atoms with van der Waals surface area (Å²) in [6, 6.07) is 16.5. The van der Waals surface area contributed by atoms with Gasteiger partial charge in [0, 0.05) is 36.1 Å². The van der Waals surface area contributed by atoms with E-state index in [1.807, 2.05) is 42.5 Å². The average Bonchev–Trinajstić information content (AvgIpc) is 3.38. The fourth-order valence-corrected chi connectivity index (χ4v) is 3.06. The van der Waals surface area contributed by atoms with Gasteiger partial charge in [0.15, 0.2) is 5.96 Å². The van der Waals surface area contributed by atoms with Crippen LogP contribution in [0.4, 0.5) is 0 Å². The lowest BCUT2D eigenvalue weighted by Crippen LogP contribution is -2.38. The smallest absolute Gasteiger partial charge is 0.191 e. The molecule has 0 aromatic heterocycles. The summed E-state index contributed by atoms with van der Waals surface area (Å²) in [5, 5.41) is 7.61. The molecule has 3 rings (SSSR count). The van der Waals surface area contributed by atoms with Gasteiger partial charge in [0.25, 0.3) is 0 Å². The van der Waals surface area contributed by atoms with Crippen molar-refractivity contribution in [2.45, 2.75) is 24.9 Å². The number of methoxy groups -OCH3 is 1. The molecule has 0 aliphatic heterocycles. The van der Waals surface area contributed by atoms with E-state index in [0.717, 1.165) is 28.7 Å². The zero-order chi connectivity index (χ0) is 16.9. The minimum absolute atomic E-state index is 0. The fourth-order valence-electron chi connectivity index (χ4n) is 2.86. The van der Waals surface area contributed by atoms with E-state index in [2.05, 4.69) is 21.7 Å². The SMILES string of the molecule is CN=C(NCc1ccccc1OC)NC1CC1c1cccc(Cl)c1.I. The highest BCUT2D eigenvalue weighted by molar-refractivity contribution is 14.0. The lowest BCUT2D eigenvalue weighted by molar-refractivity contribution is 0.409. The van der Waals surface area contributed by atoms with Crippen molar-refractivity contribution in [2.24, 2.45) is 4.99 Å². The molecule has 0 spiro atoms. The van der Waals surface area contributed by atoms with Gasteiger partial charge in [0.05, 0.1) is 7.11 Å². The molecule has 0 radical (unpaired) electrons. The van der Waals surface area contributed by atoms with Crippen LogP contribution in [0.3, 0.4) is 0 Å². The lowest BCUT2D eigenvalue weighted by Gasteiger charge is -2.13. The number of guanidine groups is 1. The molecule has 0 bridgehead atoms. The number of rotatable bonds is 5. The van der Waals surface area contributed by atoms with Crippen molar-refractivity contribution in [2.75, 3.05) is 14.2 Å². The highest BCUT2D eigenvalue weighted by Gasteiger charge is 2.39. The van der Waals surface area contributed by atoms with Crippen LogP contribution in [-0.2, 0) is 6.54 Å². The molecule has 1 saturated carbocycles. The zero-order valence-corrected chi connectivity index (χ0v) is 17.4. The summed E-state index contributed by atoms with van der Waals surface area (Å²) < 4.78 is 5.38. The molecule has 2 aromatic rings. The van der Waals surface area contributed by atoms with Gasteiger partial charge in [-0.2, -0.15) is 0 Å². The highest BCUT2D eigenvalue weighted by Crippen LogP contribution is 2.41. The van der Waals surface area contributed by atoms with Crippen LogP contribution in [0.5, 0.6) is 5.75 Å². The first-order valence-corrected chi connectivity index (χ1v) is 8.43. The Morgan fingerprint density at radius 2 is 2.04 bits per heavy atom. The number of halogens is 2. The maximum atomic E-state index is 6.08. The molecule has 0 heterocycles. The third kappa shape index (κ3) is 5.25. The quantitative estimate of drug-likeness (QED) is 0.391. The fraction of sp³-hybridized carbons (Fsp3) is 0.316. The molecule has 1 aliphatic carbocycles. The molecule has 2 aromatic carbocycles. The van der Waals surface area contributed by atoms with Crippen LogP contribution >= 0.6 is 35.6 Å². The monoisotopic (exact) mass is 471 g/mol. The Hall–Kier alpha value is -1.47. The first kappa shape index (κ1) is 19.8. The van der Waals surface area contributed by atoms with Crippen LogP contribution in [0.25, 0.3) is 0 Å². The number of nitrogens with zero attached hydrogens (tertiary/aromatic N) is 1. The largest absolute Gasteiger partial charge is 0.496 e. The molecule has 1 fully saturated rings. The molecule has 25 heavy (non-hydrogen) atoms. The number of hydrogen-bond donors (Lipinski definition) is 2. The Bertz CT molecular complexity index is 738. The number of aliphatic imine (C=N–C) groups is 1. The minimum atomic E-state index is 0. The zero-order valence-electron chi connectivity index (χ0n) is 14.3. The predicted molar refractivity (Wildman–Crippen MR) is 114 cm³/mol. The van der Waals surface area contributed by atoms with Crippen molar-refractivity contribution in [1.82, 2.24) is 10.6 Å². The van der Waals surface area contributed by atoms with Crippen molar-refractivity contribution in [3.63, 3.8) is 0 Å². The summed E-state index contributed by atoms with van der Waals surface area (Å²) in [5.74, 6) is 2.17. The van der Waals surface area contributed by atoms with Crippen LogP contribution in [0.2, 0.25) is 5.02 Å². The second-order valence-electron chi connectivity index (χ2n) is 5.89. The van der Waals surface area contributed by atoms with Crippen LogP contribution in [0.1, 0.15) is 23.5 Å². The molecule has 1 aliphatic rings. The lowest BCUT2D eigenvalue weighted by atomic mass is 10.1. The Labute approximate surface area is 171 Å². The summed E-state index contributed by atoms with van der Waals surface area (Å²) in [4.78, 5) is 4.31. The first-order chi connectivity index (χ1) is 11.7. The van der Waals surface area contributed by atoms with E-state index in [-0.39, 0.29) is 24.0 Å². The second kappa shape index (κ2) is 9.29. The van der Waals surface area contributed by atoms with Gasteiger partial charge in [0.1, 0.15) is 5.75 Å². The van der Waals surface area contributed by atoms with Crippen molar-refractivity contribution in [3.8, 4) is 5.75 Å². The van der Waals surface area contributed by atoms with Crippen molar-refractivity contribution in [1.29, 1.82) is 0 Å². The summed E-state index contributed by atoms with van der Waals surface area (Å²) >= 11 is 6.08. The predicted octanol–water partition coefficient (Wildman–Crippen LogP) is 4.19. The van der Waals surface area contributed by atoms with Crippen LogP contribution < -0.4 is 15.4 Å². The van der Waals surface area contributed by atoms with Crippen molar-refractivity contribution >= 4 is 41.5 Å². The number of hydrogen-bond acceptors (Lipinski definition) is 2. The third-order valence-electron chi connectivity index (χ3n) is 4.25. The van der Waals surface area contributed by atoms with Gasteiger partial charge in [-0.15, -0.1) is 24.0 Å². The molecule has 0 saturated heterocycles. The Kier molecular flexibility index (Phi) is 7.38. The van der Waals surface area contributed by atoms with Gasteiger partial charge < -0.3 is 15.4 Å². The van der Waals surface area contributed by atoms with Gasteiger partial charge in [-0.3, -0.25) is 4.99 Å². The maximum Gasteiger partial charge on any atom is 0.191 e. The molecule has 2 unspecified atom stereocenters. The van der Waals surface area contributed by atoms with E-state index >= 15 is 0 Å². The van der Waals surface area contributed by atoms with Crippen molar-refractivity contribution in [3.05, 3.63) is 64.7 Å². The normalized spacial score (nSPS) is 18.9. The Balaban J connectivity index is 0.00000225. The average molecular weight is 472 g/mol.